The Kier molecular flexibility index (Phi) is 3.60. The molecule has 2 aliphatic carbocycles. The van der Waals surface area contributed by atoms with Gasteiger partial charge < -0.3 is 9.64 Å². The van der Waals surface area contributed by atoms with Crippen LogP contribution < -0.4 is 0 Å². The normalized spacial score (nSPS) is 40.1. The van der Waals surface area contributed by atoms with Gasteiger partial charge >= 0.3 is 5.97 Å². The number of esters is 1. The number of ether oxygens (including phenoxy) is 1. The molecule has 3 fully saturated rings. The summed E-state index contributed by atoms with van der Waals surface area (Å²) in [6.07, 6.45) is 8.04. The van der Waals surface area contributed by atoms with Crippen molar-refractivity contribution in [2.75, 3.05) is 26.7 Å². The zero-order chi connectivity index (χ0) is 12.5. The number of rotatable bonds is 3. The second kappa shape index (κ2) is 5.20. The number of methoxy groups -OCH3 is 1. The third-order valence-corrected chi connectivity index (χ3v) is 5.42. The van der Waals surface area contributed by atoms with E-state index in [9.17, 15) is 4.79 Å². The van der Waals surface area contributed by atoms with Crippen molar-refractivity contribution < 1.29 is 9.53 Å². The average molecular weight is 251 g/mol. The van der Waals surface area contributed by atoms with Crippen molar-refractivity contribution >= 4 is 5.97 Å². The summed E-state index contributed by atoms with van der Waals surface area (Å²) in [5, 5.41) is 0. The minimum absolute atomic E-state index is 0.00681. The van der Waals surface area contributed by atoms with Gasteiger partial charge in [-0.05, 0) is 56.4 Å². The Morgan fingerprint density at radius 3 is 2.83 bits per heavy atom. The van der Waals surface area contributed by atoms with Crippen molar-refractivity contribution in [2.24, 2.45) is 23.7 Å². The molecule has 3 unspecified atom stereocenters. The van der Waals surface area contributed by atoms with Gasteiger partial charge in [-0.1, -0.05) is 6.42 Å². The van der Waals surface area contributed by atoms with Crippen LogP contribution >= 0.6 is 0 Å². The third kappa shape index (κ3) is 2.42. The maximum Gasteiger partial charge on any atom is 0.309 e. The number of hydrogen-bond acceptors (Lipinski definition) is 3. The molecule has 0 N–H and O–H groups in total. The molecular weight excluding hydrogens is 226 g/mol. The topological polar surface area (TPSA) is 29.5 Å². The molecule has 2 bridgehead atoms. The van der Waals surface area contributed by atoms with Crippen LogP contribution in [0.3, 0.4) is 0 Å². The summed E-state index contributed by atoms with van der Waals surface area (Å²) in [6, 6.07) is 0. The van der Waals surface area contributed by atoms with Crippen LogP contribution in [0.4, 0.5) is 0 Å². The highest BCUT2D eigenvalue weighted by Crippen LogP contribution is 2.48. The van der Waals surface area contributed by atoms with Crippen molar-refractivity contribution in [3.05, 3.63) is 0 Å². The summed E-state index contributed by atoms with van der Waals surface area (Å²) >= 11 is 0. The van der Waals surface area contributed by atoms with Gasteiger partial charge in [0.15, 0.2) is 0 Å². The van der Waals surface area contributed by atoms with Crippen LogP contribution in [0, 0.1) is 23.7 Å². The highest BCUT2D eigenvalue weighted by molar-refractivity contribution is 5.72. The first-order valence-corrected chi connectivity index (χ1v) is 7.56. The minimum Gasteiger partial charge on any atom is -0.469 e. The molecule has 0 spiro atoms. The first kappa shape index (κ1) is 12.5. The number of carbonyl (C=O) groups excluding carboxylic acids is 1. The van der Waals surface area contributed by atoms with Gasteiger partial charge in [-0.15, -0.1) is 0 Å². The predicted octanol–water partition coefficient (Wildman–Crippen LogP) is 2.31. The molecule has 0 aromatic rings. The van der Waals surface area contributed by atoms with Crippen LogP contribution in [0.5, 0.6) is 0 Å². The van der Waals surface area contributed by atoms with E-state index in [-0.39, 0.29) is 11.9 Å². The van der Waals surface area contributed by atoms with Gasteiger partial charge in [0.05, 0.1) is 13.0 Å². The second-order valence-electron chi connectivity index (χ2n) is 6.56. The van der Waals surface area contributed by atoms with E-state index in [1.165, 1.54) is 45.9 Å². The van der Waals surface area contributed by atoms with Crippen LogP contribution in [-0.2, 0) is 9.53 Å². The van der Waals surface area contributed by atoms with E-state index in [0.29, 0.717) is 0 Å². The zero-order valence-corrected chi connectivity index (χ0v) is 11.4. The van der Waals surface area contributed by atoms with Crippen LogP contribution in [0.15, 0.2) is 0 Å². The van der Waals surface area contributed by atoms with Gasteiger partial charge in [-0.2, -0.15) is 0 Å². The summed E-state index contributed by atoms with van der Waals surface area (Å²) in [5.74, 6) is 3.06. The molecular formula is C15H25NO2. The highest BCUT2D eigenvalue weighted by Gasteiger charge is 2.40. The van der Waals surface area contributed by atoms with Gasteiger partial charge in [0.1, 0.15) is 0 Å². The molecule has 3 aliphatic rings. The lowest BCUT2D eigenvalue weighted by atomic mass is 9.87. The number of hydrogen-bond donors (Lipinski definition) is 0. The van der Waals surface area contributed by atoms with E-state index in [0.717, 1.165) is 37.1 Å². The number of fused-ring (bicyclic) bond motifs is 2. The fourth-order valence-electron chi connectivity index (χ4n) is 4.51. The summed E-state index contributed by atoms with van der Waals surface area (Å²) in [6.45, 7) is 3.34. The van der Waals surface area contributed by atoms with E-state index in [1.54, 1.807) is 0 Å². The van der Waals surface area contributed by atoms with Crippen molar-refractivity contribution in [1.29, 1.82) is 0 Å². The Morgan fingerprint density at radius 1 is 1.28 bits per heavy atom. The standard InChI is InChI=1S/C15H25NO2/c1-18-15(17)13-3-2-6-16(9-13)10-14-8-11-4-5-12(14)7-11/h11-14H,2-10H2,1H3/t11?,12?,13-,14?/m0/s1. The van der Waals surface area contributed by atoms with Crippen LogP contribution in [-0.4, -0.2) is 37.6 Å². The predicted molar refractivity (Wildman–Crippen MR) is 70.1 cm³/mol. The molecule has 18 heavy (non-hydrogen) atoms. The van der Waals surface area contributed by atoms with Crippen LogP contribution in [0.1, 0.15) is 38.5 Å². The molecule has 0 amide bonds. The molecule has 4 atom stereocenters. The average Bonchev–Trinajstić information content (AvgIpc) is 3.00. The molecule has 3 heteroatoms. The van der Waals surface area contributed by atoms with Crippen molar-refractivity contribution in [3.63, 3.8) is 0 Å². The summed E-state index contributed by atoms with van der Waals surface area (Å²) in [5.41, 5.74) is 0. The maximum atomic E-state index is 11.6. The fraction of sp³-hybridized carbons (Fsp3) is 0.933. The Bertz CT molecular complexity index is 318. The van der Waals surface area contributed by atoms with Gasteiger partial charge in [-0.3, -0.25) is 4.79 Å². The Hall–Kier alpha value is -0.570. The van der Waals surface area contributed by atoms with Crippen molar-refractivity contribution in [2.45, 2.75) is 38.5 Å². The molecule has 0 aromatic heterocycles. The lowest BCUT2D eigenvalue weighted by Crippen LogP contribution is -2.42. The van der Waals surface area contributed by atoms with Crippen molar-refractivity contribution in [1.82, 2.24) is 4.90 Å². The molecule has 3 nitrogen and oxygen atoms in total. The van der Waals surface area contributed by atoms with E-state index < -0.39 is 0 Å². The lowest BCUT2D eigenvalue weighted by Gasteiger charge is -2.35. The van der Waals surface area contributed by atoms with Crippen molar-refractivity contribution in [3.8, 4) is 0 Å². The first-order chi connectivity index (χ1) is 8.76. The Balaban J connectivity index is 1.52. The summed E-state index contributed by atoms with van der Waals surface area (Å²) in [7, 11) is 1.51. The van der Waals surface area contributed by atoms with Gasteiger partial charge in [-0.25, -0.2) is 0 Å². The fourth-order valence-corrected chi connectivity index (χ4v) is 4.51. The summed E-state index contributed by atoms with van der Waals surface area (Å²) in [4.78, 5) is 14.2. The first-order valence-electron chi connectivity index (χ1n) is 7.56. The second-order valence-corrected chi connectivity index (χ2v) is 6.56. The third-order valence-electron chi connectivity index (χ3n) is 5.42. The van der Waals surface area contributed by atoms with Gasteiger partial charge in [0.2, 0.25) is 0 Å². The molecule has 1 saturated heterocycles. The number of piperidine rings is 1. The molecule has 0 aromatic carbocycles. The molecule has 1 heterocycles. The molecule has 0 radical (unpaired) electrons. The van der Waals surface area contributed by atoms with Crippen LogP contribution in [0.25, 0.3) is 0 Å². The maximum absolute atomic E-state index is 11.6. The van der Waals surface area contributed by atoms with Gasteiger partial charge in [0, 0.05) is 13.1 Å². The number of nitrogens with zero attached hydrogens (tertiary/aromatic N) is 1. The number of carbonyl (C=O) groups is 1. The summed E-state index contributed by atoms with van der Waals surface area (Å²) < 4.78 is 4.89. The Morgan fingerprint density at radius 2 is 2.17 bits per heavy atom. The molecule has 3 rings (SSSR count). The molecule has 102 valence electrons. The zero-order valence-electron chi connectivity index (χ0n) is 11.4. The van der Waals surface area contributed by atoms with E-state index in [4.69, 9.17) is 4.74 Å². The molecule has 2 saturated carbocycles. The smallest absolute Gasteiger partial charge is 0.309 e. The number of likely N-dealkylation sites (tertiary alicyclic amines) is 1. The highest BCUT2D eigenvalue weighted by atomic mass is 16.5. The quantitative estimate of drug-likeness (QED) is 0.721. The van der Waals surface area contributed by atoms with Gasteiger partial charge in [0.25, 0.3) is 0 Å². The molecule has 1 aliphatic heterocycles. The SMILES string of the molecule is COC(=O)[C@H]1CCCN(CC2CC3CCC2C3)C1. The van der Waals surface area contributed by atoms with E-state index >= 15 is 0 Å². The van der Waals surface area contributed by atoms with Crippen LogP contribution in [0.2, 0.25) is 0 Å². The largest absolute Gasteiger partial charge is 0.469 e. The monoisotopic (exact) mass is 251 g/mol. The van der Waals surface area contributed by atoms with E-state index in [2.05, 4.69) is 4.90 Å². The Labute approximate surface area is 110 Å². The lowest BCUT2D eigenvalue weighted by molar-refractivity contribution is -0.147. The van der Waals surface area contributed by atoms with E-state index in [1.807, 2.05) is 0 Å². The minimum atomic E-state index is -0.00681.